The number of nitrogens with two attached hydrogens (primary N) is 1. The summed E-state index contributed by atoms with van der Waals surface area (Å²) in [5, 5.41) is 4.37. The number of hydrogen-bond acceptors (Lipinski definition) is 7. The van der Waals surface area contributed by atoms with E-state index >= 15 is 0 Å². The van der Waals surface area contributed by atoms with Crippen LogP contribution in [0.25, 0.3) is 0 Å². The van der Waals surface area contributed by atoms with Crippen molar-refractivity contribution in [2.24, 2.45) is 11.7 Å². The van der Waals surface area contributed by atoms with Gasteiger partial charge in [-0.3, -0.25) is 19.2 Å². The summed E-state index contributed by atoms with van der Waals surface area (Å²) in [5.41, 5.74) is 4.32. The molecule has 0 fully saturated rings. The minimum atomic E-state index is -1.22. The standard InChI is InChI=1S/C15H27N3O5S.ClH/c1-8(2)11(24-9(3)19)12(20)18-15(4,5)14(22)17-7-10(16)13(21)23-6;/h8,10-11H,7,16H2,1-6H3,(H,17,22)(H,18,20);1H/t10-,11-;/m0./s1. The number of methoxy groups -OCH3 is 1. The Balaban J connectivity index is 0. The van der Waals surface area contributed by atoms with Crippen LogP contribution in [-0.4, -0.2) is 53.4 Å². The van der Waals surface area contributed by atoms with Gasteiger partial charge in [-0.05, 0) is 19.8 Å². The average Bonchev–Trinajstić information content (AvgIpc) is 2.47. The van der Waals surface area contributed by atoms with E-state index in [4.69, 9.17) is 5.73 Å². The Morgan fingerprint density at radius 3 is 2.12 bits per heavy atom. The molecule has 0 heterocycles. The Bertz CT molecular complexity index is 500. The Kier molecular flexibility index (Phi) is 11.7. The molecule has 0 bridgehead atoms. The molecule has 0 radical (unpaired) electrons. The van der Waals surface area contributed by atoms with Gasteiger partial charge in [-0.1, -0.05) is 25.6 Å². The van der Waals surface area contributed by atoms with E-state index in [-0.39, 0.29) is 30.0 Å². The fourth-order valence-corrected chi connectivity index (χ4v) is 2.56. The van der Waals surface area contributed by atoms with Gasteiger partial charge in [0.25, 0.3) is 0 Å². The molecule has 0 saturated heterocycles. The van der Waals surface area contributed by atoms with Crippen molar-refractivity contribution >= 4 is 47.1 Å². The molecule has 4 N–H and O–H groups in total. The molecule has 0 spiro atoms. The number of halogens is 1. The van der Waals surface area contributed by atoms with Crippen molar-refractivity contribution < 1.29 is 23.9 Å². The molecule has 8 nitrogen and oxygen atoms in total. The molecule has 0 aromatic rings. The van der Waals surface area contributed by atoms with Gasteiger partial charge in [-0.2, -0.15) is 0 Å². The molecule has 10 heteroatoms. The predicted octanol–water partition coefficient (Wildman–Crippen LogP) is 0.224. The summed E-state index contributed by atoms with van der Waals surface area (Å²) in [6.07, 6.45) is 0. The van der Waals surface area contributed by atoms with Crippen molar-refractivity contribution in [2.45, 2.75) is 51.4 Å². The Morgan fingerprint density at radius 2 is 1.72 bits per heavy atom. The number of rotatable bonds is 8. The summed E-state index contributed by atoms with van der Waals surface area (Å²) < 4.78 is 4.47. The van der Waals surface area contributed by atoms with E-state index in [2.05, 4.69) is 15.4 Å². The maximum atomic E-state index is 12.4. The smallest absolute Gasteiger partial charge is 0.324 e. The van der Waals surface area contributed by atoms with Crippen LogP contribution in [0.3, 0.4) is 0 Å². The van der Waals surface area contributed by atoms with Crippen LogP contribution in [0.2, 0.25) is 0 Å². The minimum Gasteiger partial charge on any atom is -0.468 e. The Hall–Kier alpha value is -1.32. The topological polar surface area (TPSA) is 128 Å². The molecule has 2 amide bonds. The van der Waals surface area contributed by atoms with E-state index in [9.17, 15) is 19.2 Å². The van der Waals surface area contributed by atoms with Gasteiger partial charge >= 0.3 is 5.97 Å². The zero-order valence-electron chi connectivity index (χ0n) is 15.4. The number of nitrogens with one attached hydrogen (secondary N) is 2. The third-order valence-electron chi connectivity index (χ3n) is 3.15. The Labute approximate surface area is 158 Å². The second-order valence-electron chi connectivity index (χ2n) is 6.23. The van der Waals surface area contributed by atoms with E-state index < -0.39 is 34.6 Å². The van der Waals surface area contributed by atoms with Crippen LogP contribution in [0.1, 0.15) is 34.6 Å². The molecule has 0 unspecified atom stereocenters. The fourth-order valence-electron chi connectivity index (χ4n) is 1.77. The number of hydrogen-bond donors (Lipinski definition) is 3. The van der Waals surface area contributed by atoms with Crippen LogP contribution in [0.4, 0.5) is 0 Å². The van der Waals surface area contributed by atoms with Gasteiger partial charge in [-0.15, -0.1) is 12.4 Å². The molecular formula is C15H28ClN3O5S. The summed E-state index contributed by atoms with van der Waals surface area (Å²) in [4.78, 5) is 47.1. The first-order valence-corrected chi connectivity index (χ1v) is 8.41. The van der Waals surface area contributed by atoms with Gasteiger partial charge in [0, 0.05) is 13.5 Å². The predicted molar refractivity (Wildman–Crippen MR) is 99.4 cm³/mol. The van der Waals surface area contributed by atoms with Crippen molar-refractivity contribution in [3.8, 4) is 0 Å². The maximum Gasteiger partial charge on any atom is 0.324 e. The summed E-state index contributed by atoms with van der Waals surface area (Å²) in [7, 11) is 1.20. The number of ether oxygens (including phenoxy) is 1. The molecule has 25 heavy (non-hydrogen) atoms. The van der Waals surface area contributed by atoms with Crippen LogP contribution in [-0.2, 0) is 23.9 Å². The second-order valence-corrected chi connectivity index (χ2v) is 7.55. The quantitative estimate of drug-likeness (QED) is 0.500. The van der Waals surface area contributed by atoms with Gasteiger partial charge < -0.3 is 21.1 Å². The number of carbonyl (C=O) groups is 4. The SMILES string of the molecule is COC(=O)[C@@H](N)CNC(=O)C(C)(C)NC(=O)[C@@H](SC(C)=O)C(C)C.Cl. The zero-order chi connectivity index (χ0) is 19.1. The third-order valence-corrected chi connectivity index (χ3v) is 4.49. The van der Waals surface area contributed by atoms with Gasteiger partial charge in [-0.25, -0.2) is 0 Å². The molecule has 0 aromatic heterocycles. The molecule has 2 atom stereocenters. The van der Waals surface area contributed by atoms with Crippen molar-refractivity contribution in [2.75, 3.05) is 13.7 Å². The van der Waals surface area contributed by atoms with E-state index in [1.807, 2.05) is 13.8 Å². The molecule has 0 saturated carbocycles. The summed E-state index contributed by atoms with van der Waals surface area (Å²) in [6, 6.07) is -0.984. The van der Waals surface area contributed by atoms with Crippen LogP contribution < -0.4 is 16.4 Å². The zero-order valence-corrected chi connectivity index (χ0v) is 17.0. The lowest BCUT2D eigenvalue weighted by Crippen LogP contribution is -2.58. The van der Waals surface area contributed by atoms with Crippen LogP contribution >= 0.6 is 24.2 Å². The first-order valence-electron chi connectivity index (χ1n) is 7.53. The average molecular weight is 398 g/mol. The number of carbonyl (C=O) groups excluding carboxylic acids is 4. The molecular weight excluding hydrogens is 370 g/mol. The van der Waals surface area contributed by atoms with E-state index in [1.54, 1.807) is 0 Å². The van der Waals surface area contributed by atoms with E-state index in [0.29, 0.717) is 0 Å². The molecule has 0 aliphatic carbocycles. The minimum absolute atomic E-state index is 0. The molecule has 0 aromatic carbocycles. The van der Waals surface area contributed by atoms with Gasteiger partial charge in [0.05, 0.1) is 12.4 Å². The molecule has 0 aliphatic heterocycles. The van der Waals surface area contributed by atoms with Crippen molar-refractivity contribution in [1.82, 2.24) is 10.6 Å². The Morgan fingerprint density at radius 1 is 1.20 bits per heavy atom. The fraction of sp³-hybridized carbons (Fsp3) is 0.733. The van der Waals surface area contributed by atoms with Crippen molar-refractivity contribution in [3.05, 3.63) is 0 Å². The number of thioether (sulfide) groups is 1. The summed E-state index contributed by atoms with van der Waals surface area (Å²) in [5.74, 6) is -1.62. The van der Waals surface area contributed by atoms with Crippen LogP contribution in [0.5, 0.6) is 0 Å². The highest BCUT2D eigenvalue weighted by atomic mass is 35.5. The lowest BCUT2D eigenvalue weighted by atomic mass is 10.0. The summed E-state index contributed by atoms with van der Waals surface area (Å²) in [6.45, 7) is 7.98. The van der Waals surface area contributed by atoms with Gasteiger partial charge in [0.15, 0.2) is 5.12 Å². The van der Waals surface area contributed by atoms with Crippen molar-refractivity contribution in [1.29, 1.82) is 0 Å². The highest BCUT2D eigenvalue weighted by Crippen LogP contribution is 2.21. The lowest BCUT2D eigenvalue weighted by Gasteiger charge is -2.28. The van der Waals surface area contributed by atoms with Gasteiger partial charge in [0.1, 0.15) is 11.6 Å². The van der Waals surface area contributed by atoms with E-state index in [0.717, 1.165) is 11.8 Å². The molecule has 146 valence electrons. The largest absolute Gasteiger partial charge is 0.468 e. The first kappa shape index (κ1) is 25.9. The van der Waals surface area contributed by atoms with Crippen molar-refractivity contribution in [3.63, 3.8) is 0 Å². The summed E-state index contributed by atoms with van der Waals surface area (Å²) >= 11 is 0.929. The molecule has 0 aliphatic rings. The second kappa shape index (κ2) is 11.3. The van der Waals surface area contributed by atoms with Gasteiger partial charge in [0.2, 0.25) is 11.8 Å². The maximum absolute atomic E-state index is 12.4. The monoisotopic (exact) mass is 397 g/mol. The lowest BCUT2D eigenvalue weighted by molar-refractivity contribution is -0.142. The van der Waals surface area contributed by atoms with Crippen LogP contribution in [0.15, 0.2) is 0 Å². The highest BCUT2D eigenvalue weighted by molar-refractivity contribution is 8.14. The van der Waals surface area contributed by atoms with E-state index in [1.165, 1.54) is 27.9 Å². The third kappa shape index (κ3) is 9.08. The normalized spacial score (nSPS) is 13.3. The number of esters is 1. The molecule has 0 rings (SSSR count). The first-order chi connectivity index (χ1) is 10.9. The van der Waals surface area contributed by atoms with Crippen LogP contribution in [0, 0.1) is 5.92 Å². The number of amides is 2. The highest BCUT2D eigenvalue weighted by Gasteiger charge is 2.34.